The van der Waals surface area contributed by atoms with E-state index in [1.165, 1.54) is 10.9 Å². The number of anilines is 1. The molecule has 20 heavy (non-hydrogen) atoms. The molecule has 0 aliphatic carbocycles. The molecule has 7 heteroatoms. The average molecular weight is 281 g/mol. The lowest BCUT2D eigenvalue weighted by molar-refractivity contribution is -0.126. The van der Waals surface area contributed by atoms with Gasteiger partial charge in [0.05, 0.1) is 17.3 Å². The van der Waals surface area contributed by atoms with Gasteiger partial charge in [-0.2, -0.15) is 5.10 Å². The Bertz CT molecular complexity index is 499. The van der Waals surface area contributed by atoms with Crippen molar-refractivity contribution in [2.24, 2.45) is 11.1 Å². The van der Waals surface area contributed by atoms with Gasteiger partial charge in [-0.05, 0) is 27.7 Å². The molecule has 7 nitrogen and oxygen atoms in total. The van der Waals surface area contributed by atoms with Crippen molar-refractivity contribution in [2.75, 3.05) is 12.4 Å². The third-order valence-corrected chi connectivity index (χ3v) is 3.65. The van der Waals surface area contributed by atoms with E-state index >= 15 is 0 Å². The largest absolute Gasteiger partial charge is 0.358 e. The van der Waals surface area contributed by atoms with Crippen LogP contribution < -0.4 is 16.4 Å². The molecule has 0 saturated heterocycles. The minimum absolute atomic E-state index is 0.109. The smallest absolute Gasteiger partial charge is 0.241 e. The van der Waals surface area contributed by atoms with E-state index in [9.17, 15) is 9.59 Å². The third-order valence-electron chi connectivity index (χ3n) is 3.65. The van der Waals surface area contributed by atoms with Gasteiger partial charge in [-0.15, -0.1) is 0 Å². The van der Waals surface area contributed by atoms with Gasteiger partial charge in [0.15, 0.2) is 0 Å². The summed E-state index contributed by atoms with van der Waals surface area (Å²) in [4.78, 5) is 23.5. The molecule has 1 aromatic heterocycles. The standard InChI is InChI=1S/C13H23N5O2/c1-12(2,13(3,4)14)11(20)17-9-6-16-18(7-9)8-10(19)15-5/h6-7H,8,14H2,1-5H3,(H,15,19)(H,17,20). The van der Waals surface area contributed by atoms with Crippen LogP contribution in [0.2, 0.25) is 0 Å². The van der Waals surface area contributed by atoms with Gasteiger partial charge >= 0.3 is 0 Å². The summed E-state index contributed by atoms with van der Waals surface area (Å²) >= 11 is 0. The molecule has 2 amide bonds. The summed E-state index contributed by atoms with van der Waals surface area (Å²) in [6.07, 6.45) is 3.10. The molecule has 0 aromatic carbocycles. The molecule has 1 heterocycles. The van der Waals surface area contributed by atoms with Gasteiger partial charge in [-0.25, -0.2) is 0 Å². The quantitative estimate of drug-likeness (QED) is 0.723. The van der Waals surface area contributed by atoms with E-state index in [-0.39, 0.29) is 18.4 Å². The highest BCUT2D eigenvalue weighted by atomic mass is 16.2. The van der Waals surface area contributed by atoms with E-state index in [1.807, 2.05) is 13.8 Å². The zero-order valence-electron chi connectivity index (χ0n) is 12.7. The summed E-state index contributed by atoms with van der Waals surface area (Å²) in [5, 5.41) is 9.28. The lowest BCUT2D eigenvalue weighted by Gasteiger charge is -2.36. The normalized spacial score (nSPS) is 12.1. The Kier molecular flexibility index (Phi) is 4.54. The van der Waals surface area contributed by atoms with Crippen molar-refractivity contribution in [3.63, 3.8) is 0 Å². The first kappa shape index (κ1) is 16.2. The Hall–Kier alpha value is -1.89. The number of likely N-dealkylation sites (N-methyl/N-ethyl adjacent to an activating group) is 1. The number of rotatable bonds is 5. The number of amides is 2. The van der Waals surface area contributed by atoms with Crippen LogP contribution >= 0.6 is 0 Å². The average Bonchev–Trinajstić information content (AvgIpc) is 2.74. The summed E-state index contributed by atoms with van der Waals surface area (Å²) in [5.41, 5.74) is 5.16. The molecule has 0 atom stereocenters. The molecule has 4 N–H and O–H groups in total. The summed E-state index contributed by atoms with van der Waals surface area (Å²) < 4.78 is 1.45. The number of hydrogen-bond acceptors (Lipinski definition) is 4. The predicted octanol–water partition coefficient (Wildman–Crippen LogP) is 0.331. The minimum atomic E-state index is -0.740. The van der Waals surface area contributed by atoms with Gasteiger partial charge < -0.3 is 16.4 Å². The monoisotopic (exact) mass is 281 g/mol. The highest BCUT2D eigenvalue weighted by Crippen LogP contribution is 2.29. The van der Waals surface area contributed by atoms with Crippen LogP contribution in [0, 0.1) is 5.41 Å². The molecule has 0 aliphatic rings. The second-order valence-corrected chi connectivity index (χ2v) is 5.90. The number of aromatic nitrogens is 2. The van der Waals surface area contributed by atoms with Crippen LogP contribution in [0.25, 0.3) is 0 Å². The predicted molar refractivity (Wildman–Crippen MR) is 77.0 cm³/mol. The minimum Gasteiger partial charge on any atom is -0.358 e. The van der Waals surface area contributed by atoms with Crippen molar-refractivity contribution in [1.29, 1.82) is 0 Å². The Labute approximate surface area is 118 Å². The fraction of sp³-hybridized carbons (Fsp3) is 0.615. The topological polar surface area (TPSA) is 102 Å². The Balaban J connectivity index is 2.75. The fourth-order valence-corrected chi connectivity index (χ4v) is 1.32. The van der Waals surface area contributed by atoms with Crippen molar-refractivity contribution < 1.29 is 9.59 Å². The lowest BCUT2D eigenvalue weighted by Crippen LogP contribution is -2.53. The van der Waals surface area contributed by atoms with E-state index in [4.69, 9.17) is 5.73 Å². The van der Waals surface area contributed by atoms with E-state index < -0.39 is 11.0 Å². The molecule has 0 fully saturated rings. The van der Waals surface area contributed by atoms with Gasteiger partial charge in [-0.3, -0.25) is 14.3 Å². The molecule has 0 aliphatic heterocycles. The summed E-state index contributed by atoms with van der Waals surface area (Å²) in [7, 11) is 1.56. The van der Waals surface area contributed by atoms with Crippen molar-refractivity contribution in [1.82, 2.24) is 15.1 Å². The number of carbonyl (C=O) groups excluding carboxylic acids is 2. The number of nitrogens with zero attached hydrogens (tertiary/aromatic N) is 2. The van der Waals surface area contributed by atoms with E-state index in [1.54, 1.807) is 27.1 Å². The first-order valence-corrected chi connectivity index (χ1v) is 6.41. The van der Waals surface area contributed by atoms with Gasteiger partial charge in [-0.1, -0.05) is 0 Å². The molecule has 1 aromatic rings. The zero-order chi connectivity index (χ0) is 15.6. The van der Waals surface area contributed by atoms with Crippen LogP contribution in [0.5, 0.6) is 0 Å². The SMILES string of the molecule is CNC(=O)Cn1cc(NC(=O)C(C)(C)C(C)(C)N)cn1. The first-order chi connectivity index (χ1) is 9.07. The summed E-state index contributed by atoms with van der Waals surface area (Å²) in [5.74, 6) is -0.348. The van der Waals surface area contributed by atoms with Crippen molar-refractivity contribution in [3.05, 3.63) is 12.4 Å². The molecule has 0 spiro atoms. The van der Waals surface area contributed by atoms with Gasteiger partial charge in [0, 0.05) is 18.8 Å². The van der Waals surface area contributed by atoms with E-state index in [0.29, 0.717) is 5.69 Å². The molecular weight excluding hydrogens is 258 g/mol. The maximum absolute atomic E-state index is 12.3. The third kappa shape index (κ3) is 3.57. The van der Waals surface area contributed by atoms with Gasteiger partial charge in [0.1, 0.15) is 6.54 Å². The molecule has 1 rings (SSSR count). The van der Waals surface area contributed by atoms with Crippen LogP contribution in [0.3, 0.4) is 0 Å². The molecule has 112 valence electrons. The van der Waals surface area contributed by atoms with Crippen molar-refractivity contribution in [3.8, 4) is 0 Å². The second-order valence-electron chi connectivity index (χ2n) is 5.90. The highest BCUT2D eigenvalue weighted by molar-refractivity contribution is 5.95. The highest BCUT2D eigenvalue weighted by Gasteiger charge is 2.40. The Morgan fingerprint density at radius 2 is 1.95 bits per heavy atom. The van der Waals surface area contributed by atoms with Crippen LogP contribution in [0.15, 0.2) is 12.4 Å². The maximum Gasteiger partial charge on any atom is 0.241 e. The zero-order valence-corrected chi connectivity index (χ0v) is 12.7. The van der Waals surface area contributed by atoms with Crippen LogP contribution in [0.1, 0.15) is 27.7 Å². The molecule has 0 radical (unpaired) electrons. The second kappa shape index (κ2) is 5.62. The number of nitrogens with one attached hydrogen (secondary N) is 2. The van der Waals surface area contributed by atoms with Crippen LogP contribution in [0.4, 0.5) is 5.69 Å². The lowest BCUT2D eigenvalue weighted by atomic mass is 9.74. The Morgan fingerprint density at radius 3 is 2.45 bits per heavy atom. The van der Waals surface area contributed by atoms with Gasteiger partial charge in [0.25, 0.3) is 0 Å². The fourth-order valence-electron chi connectivity index (χ4n) is 1.32. The first-order valence-electron chi connectivity index (χ1n) is 6.41. The number of hydrogen-bond donors (Lipinski definition) is 3. The van der Waals surface area contributed by atoms with Crippen LogP contribution in [-0.2, 0) is 16.1 Å². The number of carbonyl (C=O) groups is 2. The molecule has 0 bridgehead atoms. The Morgan fingerprint density at radius 1 is 1.35 bits per heavy atom. The summed E-state index contributed by atoms with van der Waals surface area (Å²) in [6, 6.07) is 0. The molecular formula is C13H23N5O2. The van der Waals surface area contributed by atoms with Crippen molar-refractivity contribution >= 4 is 17.5 Å². The van der Waals surface area contributed by atoms with Crippen molar-refractivity contribution in [2.45, 2.75) is 39.8 Å². The molecule has 0 saturated carbocycles. The maximum atomic E-state index is 12.3. The summed E-state index contributed by atoms with van der Waals surface area (Å²) in [6.45, 7) is 7.30. The number of nitrogens with two attached hydrogens (primary N) is 1. The van der Waals surface area contributed by atoms with E-state index in [2.05, 4.69) is 15.7 Å². The van der Waals surface area contributed by atoms with Crippen LogP contribution in [-0.4, -0.2) is 34.2 Å². The molecule has 0 unspecified atom stereocenters. The van der Waals surface area contributed by atoms with Gasteiger partial charge in [0.2, 0.25) is 11.8 Å². The van der Waals surface area contributed by atoms with E-state index in [0.717, 1.165) is 0 Å².